The standard InChI is InChI=1S/C13H13N3O2S/c1-19-9-4-2-3-8(5-9)16-12-6-10(13(17)18)11(14)7-15-12/h2-7H,14H2,1H3,(H,15,16)(H,17,18). The summed E-state index contributed by atoms with van der Waals surface area (Å²) in [7, 11) is 0. The first-order chi connectivity index (χ1) is 9.10. The minimum atomic E-state index is -1.07. The second-order valence-electron chi connectivity index (χ2n) is 3.82. The number of anilines is 3. The van der Waals surface area contributed by atoms with Crippen LogP contribution in [0.5, 0.6) is 0 Å². The lowest BCUT2D eigenvalue weighted by Gasteiger charge is -2.08. The molecule has 0 atom stereocenters. The molecule has 0 saturated heterocycles. The molecule has 4 N–H and O–H groups in total. The molecule has 0 saturated carbocycles. The van der Waals surface area contributed by atoms with E-state index in [2.05, 4.69) is 10.3 Å². The van der Waals surface area contributed by atoms with Crippen molar-refractivity contribution in [1.82, 2.24) is 4.98 Å². The molecule has 0 amide bonds. The molecule has 98 valence electrons. The topological polar surface area (TPSA) is 88.2 Å². The van der Waals surface area contributed by atoms with Crippen molar-refractivity contribution in [3.05, 3.63) is 42.1 Å². The van der Waals surface area contributed by atoms with Crippen LogP contribution in [0.3, 0.4) is 0 Å². The van der Waals surface area contributed by atoms with Crippen molar-refractivity contribution >= 4 is 34.9 Å². The average molecular weight is 275 g/mol. The fraction of sp³-hybridized carbons (Fsp3) is 0.0769. The van der Waals surface area contributed by atoms with Gasteiger partial charge < -0.3 is 16.2 Å². The lowest BCUT2D eigenvalue weighted by Crippen LogP contribution is -2.05. The number of benzene rings is 1. The summed E-state index contributed by atoms with van der Waals surface area (Å²) in [6.07, 6.45) is 3.33. The summed E-state index contributed by atoms with van der Waals surface area (Å²) in [5.74, 6) is -0.620. The average Bonchev–Trinajstić information content (AvgIpc) is 2.41. The first kappa shape index (κ1) is 13.2. The van der Waals surface area contributed by atoms with E-state index in [0.717, 1.165) is 10.6 Å². The number of nitrogens with zero attached hydrogens (tertiary/aromatic N) is 1. The number of aromatic carboxylic acids is 1. The molecular weight excluding hydrogens is 262 g/mol. The molecule has 2 rings (SSSR count). The number of nitrogens with one attached hydrogen (secondary N) is 1. The van der Waals surface area contributed by atoms with Crippen LogP contribution in [0.15, 0.2) is 41.4 Å². The molecule has 0 spiro atoms. The van der Waals surface area contributed by atoms with Crippen molar-refractivity contribution in [3.8, 4) is 0 Å². The summed E-state index contributed by atoms with van der Waals surface area (Å²) in [5, 5.41) is 12.1. The molecule has 0 aliphatic carbocycles. The third-order valence-corrected chi connectivity index (χ3v) is 3.23. The van der Waals surface area contributed by atoms with Gasteiger partial charge in [-0.2, -0.15) is 0 Å². The molecule has 0 aliphatic heterocycles. The smallest absolute Gasteiger partial charge is 0.337 e. The number of hydrogen-bond donors (Lipinski definition) is 3. The van der Waals surface area contributed by atoms with Crippen LogP contribution in [0.2, 0.25) is 0 Å². The third kappa shape index (κ3) is 3.17. The van der Waals surface area contributed by atoms with Crippen LogP contribution < -0.4 is 11.1 Å². The van der Waals surface area contributed by atoms with E-state index < -0.39 is 5.97 Å². The first-order valence-electron chi connectivity index (χ1n) is 5.50. The molecule has 5 nitrogen and oxygen atoms in total. The Kier molecular flexibility index (Phi) is 3.91. The second kappa shape index (κ2) is 5.62. The monoisotopic (exact) mass is 275 g/mol. The summed E-state index contributed by atoms with van der Waals surface area (Å²) in [6.45, 7) is 0. The Labute approximate surface area is 114 Å². The molecule has 0 unspecified atom stereocenters. The van der Waals surface area contributed by atoms with Crippen LogP contribution in [0.1, 0.15) is 10.4 Å². The van der Waals surface area contributed by atoms with Gasteiger partial charge >= 0.3 is 5.97 Å². The van der Waals surface area contributed by atoms with Crippen molar-refractivity contribution in [2.75, 3.05) is 17.3 Å². The molecule has 0 aliphatic rings. The van der Waals surface area contributed by atoms with E-state index in [1.54, 1.807) is 11.8 Å². The minimum absolute atomic E-state index is 0.0403. The van der Waals surface area contributed by atoms with Crippen LogP contribution in [-0.4, -0.2) is 22.3 Å². The highest BCUT2D eigenvalue weighted by Crippen LogP contribution is 2.23. The number of aromatic nitrogens is 1. The van der Waals surface area contributed by atoms with Gasteiger partial charge in [0.25, 0.3) is 0 Å². The van der Waals surface area contributed by atoms with Gasteiger partial charge in [0.15, 0.2) is 0 Å². The Morgan fingerprint density at radius 2 is 2.21 bits per heavy atom. The Morgan fingerprint density at radius 1 is 1.42 bits per heavy atom. The predicted molar refractivity (Wildman–Crippen MR) is 77.1 cm³/mol. The van der Waals surface area contributed by atoms with Crippen LogP contribution in [-0.2, 0) is 0 Å². The number of thioether (sulfide) groups is 1. The highest BCUT2D eigenvalue weighted by molar-refractivity contribution is 7.98. The molecule has 19 heavy (non-hydrogen) atoms. The van der Waals surface area contributed by atoms with E-state index in [1.165, 1.54) is 12.3 Å². The van der Waals surface area contributed by atoms with Gasteiger partial charge in [-0.15, -0.1) is 11.8 Å². The number of carboxylic acids is 1. The van der Waals surface area contributed by atoms with Gasteiger partial charge in [0.05, 0.1) is 17.4 Å². The molecule has 6 heteroatoms. The van der Waals surface area contributed by atoms with Crippen molar-refractivity contribution in [1.29, 1.82) is 0 Å². The number of rotatable bonds is 4. The van der Waals surface area contributed by atoms with Gasteiger partial charge in [-0.25, -0.2) is 9.78 Å². The molecule has 2 aromatic rings. The summed E-state index contributed by atoms with van der Waals surface area (Å²) in [6, 6.07) is 9.18. The normalized spacial score (nSPS) is 10.2. The van der Waals surface area contributed by atoms with Gasteiger partial charge in [0.1, 0.15) is 5.82 Å². The van der Waals surface area contributed by atoms with Crippen molar-refractivity contribution < 1.29 is 9.90 Å². The fourth-order valence-corrected chi connectivity index (χ4v) is 2.03. The maximum absolute atomic E-state index is 11.0. The van der Waals surface area contributed by atoms with E-state index in [1.807, 2.05) is 30.5 Å². The van der Waals surface area contributed by atoms with Crippen molar-refractivity contribution in [2.45, 2.75) is 4.90 Å². The molecule has 0 fully saturated rings. The Bertz CT molecular complexity index is 617. The Balaban J connectivity index is 2.28. The SMILES string of the molecule is CSc1cccc(Nc2cc(C(=O)O)c(N)cn2)c1. The van der Waals surface area contributed by atoms with Gasteiger partial charge in [-0.1, -0.05) is 6.07 Å². The van der Waals surface area contributed by atoms with Crippen LogP contribution in [0.4, 0.5) is 17.2 Å². The summed E-state index contributed by atoms with van der Waals surface area (Å²) in [4.78, 5) is 16.2. The molecule has 0 radical (unpaired) electrons. The summed E-state index contributed by atoms with van der Waals surface area (Å²) >= 11 is 1.63. The maximum Gasteiger partial charge on any atom is 0.337 e. The Morgan fingerprint density at radius 3 is 2.89 bits per heavy atom. The van der Waals surface area contributed by atoms with Crippen LogP contribution in [0.25, 0.3) is 0 Å². The molecule has 1 aromatic carbocycles. The van der Waals surface area contributed by atoms with Gasteiger partial charge in [-0.05, 0) is 30.5 Å². The lowest BCUT2D eigenvalue weighted by molar-refractivity contribution is 0.0698. The third-order valence-electron chi connectivity index (χ3n) is 2.51. The van der Waals surface area contributed by atoms with E-state index >= 15 is 0 Å². The zero-order chi connectivity index (χ0) is 13.8. The number of hydrogen-bond acceptors (Lipinski definition) is 5. The maximum atomic E-state index is 11.0. The molecule has 1 heterocycles. The number of carboxylic acid groups (broad SMARTS) is 1. The first-order valence-corrected chi connectivity index (χ1v) is 6.72. The zero-order valence-corrected chi connectivity index (χ0v) is 11.1. The quantitative estimate of drug-likeness (QED) is 0.744. The lowest BCUT2D eigenvalue weighted by atomic mass is 10.2. The molecule has 0 bridgehead atoms. The minimum Gasteiger partial charge on any atom is -0.478 e. The van der Waals surface area contributed by atoms with E-state index in [0.29, 0.717) is 5.82 Å². The number of nitrogens with two attached hydrogens (primary N) is 1. The Hall–Kier alpha value is -2.21. The predicted octanol–water partition coefficient (Wildman–Crippen LogP) is 2.83. The van der Waals surface area contributed by atoms with Gasteiger partial charge in [0.2, 0.25) is 0 Å². The van der Waals surface area contributed by atoms with E-state index in [9.17, 15) is 4.79 Å². The largest absolute Gasteiger partial charge is 0.478 e. The number of pyridine rings is 1. The second-order valence-corrected chi connectivity index (χ2v) is 4.70. The van der Waals surface area contributed by atoms with Crippen molar-refractivity contribution in [2.24, 2.45) is 0 Å². The summed E-state index contributed by atoms with van der Waals surface area (Å²) < 4.78 is 0. The van der Waals surface area contributed by atoms with E-state index in [-0.39, 0.29) is 11.3 Å². The van der Waals surface area contributed by atoms with Gasteiger partial charge in [-0.3, -0.25) is 0 Å². The zero-order valence-electron chi connectivity index (χ0n) is 10.3. The fourth-order valence-electron chi connectivity index (χ4n) is 1.57. The van der Waals surface area contributed by atoms with Gasteiger partial charge in [0, 0.05) is 10.6 Å². The number of carbonyl (C=O) groups is 1. The van der Waals surface area contributed by atoms with Crippen LogP contribution >= 0.6 is 11.8 Å². The number of nitrogen functional groups attached to an aromatic ring is 1. The van der Waals surface area contributed by atoms with E-state index in [4.69, 9.17) is 10.8 Å². The molecule has 1 aromatic heterocycles. The summed E-state index contributed by atoms with van der Waals surface area (Å²) in [5.41, 5.74) is 6.59. The van der Waals surface area contributed by atoms with Crippen molar-refractivity contribution in [3.63, 3.8) is 0 Å². The molecular formula is C13H13N3O2S. The highest BCUT2D eigenvalue weighted by atomic mass is 32.2. The highest BCUT2D eigenvalue weighted by Gasteiger charge is 2.09. The van der Waals surface area contributed by atoms with Crippen LogP contribution in [0, 0.1) is 0 Å².